The van der Waals surface area contributed by atoms with Crippen LogP contribution in [0.5, 0.6) is 0 Å². The van der Waals surface area contributed by atoms with Crippen molar-refractivity contribution in [3.63, 3.8) is 0 Å². The van der Waals surface area contributed by atoms with E-state index in [1.165, 1.54) is 12.8 Å². The highest BCUT2D eigenvalue weighted by Crippen LogP contribution is 2.21. The van der Waals surface area contributed by atoms with Gasteiger partial charge < -0.3 is 10.6 Å². The molecule has 1 atom stereocenters. The van der Waals surface area contributed by atoms with Crippen LogP contribution in [0.2, 0.25) is 0 Å². The van der Waals surface area contributed by atoms with Crippen molar-refractivity contribution in [1.82, 2.24) is 10.0 Å². The van der Waals surface area contributed by atoms with E-state index in [0.29, 0.717) is 23.0 Å². The van der Waals surface area contributed by atoms with Crippen molar-refractivity contribution in [2.24, 2.45) is 5.92 Å². The van der Waals surface area contributed by atoms with Crippen LogP contribution in [0.25, 0.3) is 0 Å². The fraction of sp³-hybridized carbons (Fsp3) is 0.600. The molecule has 1 heterocycles. The molecule has 6 heteroatoms. The lowest BCUT2D eigenvalue weighted by Gasteiger charge is -2.23. The van der Waals surface area contributed by atoms with Gasteiger partial charge in [0, 0.05) is 13.1 Å². The van der Waals surface area contributed by atoms with Gasteiger partial charge in [-0.15, -0.1) is 0 Å². The molecule has 118 valence electrons. The Morgan fingerprint density at radius 3 is 2.86 bits per heavy atom. The number of piperidine rings is 1. The van der Waals surface area contributed by atoms with E-state index in [4.69, 9.17) is 0 Å². The monoisotopic (exact) mass is 311 g/mol. The predicted molar refractivity (Wildman–Crippen MR) is 86.0 cm³/mol. The summed E-state index contributed by atoms with van der Waals surface area (Å²) in [6.07, 6.45) is 3.55. The first-order valence-electron chi connectivity index (χ1n) is 7.66. The fourth-order valence-corrected chi connectivity index (χ4v) is 3.92. The summed E-state index contributed by atoms with van der Waals surface area (Å²) in [4.78, 5) is 0.327. The topological polar surface area (TPSA) is 70.2 Å². The summed E-state index contributed by atoms with van der Waals surface area (Å²) in [5, 5.41) is 6.68. The molecule has 1 aliphatic rings. The third kappa shape index (κ3) is 4.69. The van der Waals surface area contributed by atoms with E-state index in [-0.39, 0.29) is 0 Å². The molecule has 0 amide bonds. The molecule has 0 spiro atoms. The molecule has 1 saturated heterocycles. The van der Waals surface area contributed by atoms with Crippen molar-refractivity contribution in [1.29, 1.82) is 0 Å². The SMILES string of the molecule is CCNS(=O)(=O)c1ccccc1NCCC1CCCNC1. The molecule has 1 fully saturated rings. The summed E-state index contributed by atoms with van der Waals surface area (Å²) >= 11 is 0. The number of hydrogen-bond acceptors (Lipinski definition) is 4. The van der Waals surface area contributed by atoms with Crippen LogP contribution < -0.4 is 15.4 Å². The molecule has 0 radical (unpaired) electrons. The van der Waals surface area contributed by atoms with Gasteiger partial charge in [-0.25, -0.2) is 13.1 Å². The van der Waals surface area contributed by atoms with Crippen molar-refractivity contribution >= 4 is 15.7 Å². The van der Waals surface area contributed by atoms with Gasteiger partial charge in [0.05, 0.1) is 5.69 Å². The Morgan fingerprint density at radius 2 is 2.14 bits per heavy atom. The molecule has 5 nitrogen and oxygen atoms in total. The lowest BCUT2D eigenvalue weighted by molar-refractivity contribution is 0.364. The van der Waals surface area contributed by atoms with E-state index in [2.05, 4.69) is 15.4 Å². The normalized spacial score (nSPS) is 19.4. The third-order valence-electron chi connectivity index (χ3n) is 3.78. The molecule has 21 heavy (non-hydrogen) atoms. The lowest BCUT2D eigenvalue weighted by atomic mass is 9.96. The number of anilines is 1. The molecule has 0 aliphatic carbocycles. The number of nitrogens with one attached hydrogen (secondary N) is 3. The van der Waals surface area contributed by atoms with Crippen LogP contribution in [0.15, 0.2) is 29.2 Å². The minimum Gasteiger partial charge on any atom is -0.384 e. The molecule has 0 aromatic heterocycles. The van der Waals surface area contributed by atoms with Crippen LogP contribution in [-0.2, 0) is 10.0 Å². The first-order valence-corrected chi connectivity index (χ1v) is 9.15. The van der Waals surface area contributed by atoms with Gasteiger partial charge in [-0.3, -0.25) is 0 Å². The van der Waals surface area contributed by atoms with Gasteiger partial charge in [0.15, 0.2) is 0 Å². The highest BCUT2D eigenvalue weighted by molar-refractivity contribution is 7.89. The van der Waals surface area contributed by atoms with E-state index < -0.39 is 10.0 Å². The molecule has 3 N–H and O–H groups in total. The zero-order valence-electron chi connectivity index (χ0n) is 12.6. The largest absolute Gasteiger partial charge is 0.384 e. The highest BCUT2D eigenvalue weighted by atomic mass is 32.2. The second-order valence-electron chi connectivity index (χ2n) is 5.43. The number of benzene rings is 1. The molecular formula is C15H25N3O2S. The van der Waals surface area contributed by atoms with Crippen molar-refractivity contribution in [3.05, 3.63) is 24.3 Å². The number of hydrogen-bond donors (Lipinski definition) is 3. The quantitative estimate of drug-likeness (QED) is 0.718. The summed E-state index contributed by atoms with van der Waals surface area (Å²) in [6, 6.07) is 7.07. The van der Waals surface area contributed by atoms with Gasteiger partial charge in [-0.05, 0) is 50.4 Å². The summed E-state index contributed by atoms with van der Waals surface area (Å²) in [5.41, 5.74) is 0.683. The molecule has 1 unspecified atom stereocenters. The molecule has 1 aliphatic heterocycles. The second-order valence-corrected chi connectivity index (χ2v) is 7.16. The first-order chi connectivity index (χ1) is 10.1. The molecule has 1 aromatic rings. The maximum atomic E-state index is 12.2. The maximum Gasteiger partial charge on any atom is 0.242 e. The molecule has 1 aromatic carbocycles. The Kier molecular flexibility index (Phi) is 6.02. The number of rotatable bonds is 7. The first kappa shape index (κ1) is 16.3. The molecule has 2 rings (SSSR count). The standard InChI is InChI=1S/C15H25N3O2S/c1-2-18-21(19,20)15-8-4-3-7-14(15)17-11-9-13-6-5-10-16-12-13/h3-4,7-8,13,16-18H,2,5-6,9-12H2,1H3. The smallest absolute Gasteiger partial charge is 0.242 e. The van der Waals surface area contributed by atoms with Crippen LogP contribution >= 0.6 is 0 Å². The van der Waals surface area contributed by atoms with Crippen molar-refractivity contribution in [2.45, 2.75) is 31.1 Å². The van der Waals surface area contributed by atoms with Crippen LogP contribution in [0.3, 0.4) is 0 Å². The minimum atomic E-state index is -3.42. The van der Waals surface area contributed by atoms with Gasteiger partial charge >= 0.3 is 0 Å². The van der Waals surface area contributed by atoms with Gasteiger partial charge in [0.25, 0.3) is 0 Å². The summed E-state index contributed by atoms with van der Waals surface area (Å²) < 4.78 is 26.9. The van der Waals surface area contributed by atoms with Crippen molar-refractivity contribution in [2.75, 3.05) is 31.5 Å². The van der Waals surface area contributed by atoms with E-state index in [0.717, 1.165) is 26.1 Å². The van der Waals surface area contributed by atoms with E-state index >= 15 is 0 Å². The van der Waals surface area contributed by atoms with Crippen LogP contribution in [0.4, 0.5) is 5.69 Å². The van der Waals surface area contributed by atoms with Gasteiger partial charge in [-0.1, -0.05) is 19.1 Å². The van der Waals surface area contributed by atoms with Gasteiger partial charge in [0.2, 0.25) is 10.0 Å². The summed E-state index contributed by atoms with van der Waals surface area (Å²) in [5.74, 6) is 0.684. The Hall–Kier alpha value is -1.11. The van der Waals surface area contributed by atoms with E-state index in [9.17, 15) is 8.42 Å². The zero-order chi connectivity index (χ0) is 15.1. The zero-order valence-corrected chi connectivity index (χ0v) is 13.4. The Balaban J connectivity index is 1.96. The predicted octanol–water partition coefficient (Wildman–Crippen LogP) is 1.79. The Bertz CT molecular complexity index is 540. The minimum absolute atomic E-state index is 0.327. The summed E-state index contributed by atoms with van der Waals surface area (Å²) in [6.45, 7) is 5.16. The van der Waals surface area contributed by atoms with Crippen LogP contribution in [0.1, 0.15) is 26.2 Å². The van der Waals surface area contributed by atoms with Gasteiger partial charge in [-0.2, -0.15) is 0 Å². The van der Waals surface area contributed by atoms with Crippen molar-refractivity contribution < 1.29 is 8.42 Å². The average Bonchev–Trinajstić information content (AvgIpc) is 2.49. The third-order valence-corrected chi connectivity index (χ3v) is 5.38. The van der Waals surface area contributed by atoms with Gasteiger partial charge in [0.1, 0.15) is 4.90 Å². The lowest BCUT2D eigenvalue weighted by Crippen LogP contribution is -2.31. The Labute approximate surface area is 127 Å². The number of para-hydroxylation sites is 1. The average molecular weight is 311 g/mol. The van der Waals surface area contributed by atoms with E-state index in [1.54, 1.807) is 19.1 Å². The van der Waals surface area contributed by atoms with Crippen LogP contribution in [-0.4, -0.2) is 34.6 Å². The molecule has 0 saturated carbocycles. The van der Waals surface area contributed by atoms with Crippen LogP contribution in [0, 0.1) is 5.92 Å². The highest BCUT2D eigenvalue weighted by Gasteiger charge is 2.17. The fourth-order valence-electron chi connectivity index (χ4n) is 2.70. The maximum absolute atomic E-state index is 12.2. The molecule has 0 bridgehead atoms. The number of sulfonamides is 1. The van der Waals surface area contributed by atoms with Crippen molar-refractivity contribution in [3.8, 4) is 0 Å². The second kappa shape index (κ2) is 7.77. The summed E-state index contributed by atoms with van der Waals surface area (Å²) in [7, 11) is -3.42. The Morgan fingerprint density at radius 1 is 1.33 bits per heavy atom. The molecular weight excluding hydrogens is 286 g/mol. The van der Waals surface area contributed by atoms with E-state index in [1.807, 2.05) is 12.1 Å².